The van der Waals surface area contributed by atoms with E-state index in [-0.39, 0.29) is 5.92 Å². The number of nitrogens with two attached hydrogens (primary N) is 1. The van der Waals surface area contributed by atoms with E-state index in [2.05, 4.69) is 38.1 Å². The van der Waals surface area contributed by atoms with Crippen molar-refractivity contribution in [2.45, 2.75) is 39.5 Å². The van der Waals surface area contributed by atoms with E-state index in [1.807, 2.05) is 0 Å². The van der Waals surface area contributed by atoms with Gasteiger partial charge in [-0.25, -0.2) is 0 Å². The molecule has 1 nitrogen and oxygen atoms in total. The average molecular weight is 235 g/mol. The molecule has 0 radical (unpaired) electrons. The van der Waals surface area contributed by atoms with Gasteiger partial charge in [0.25, 0.3) is 0 Å². The average Bonchev–Trinajstić information content (AvgIpc) is 2.28. The highest BCUT2D eigenvalue weighted by atomic mass is 32.1. The summed E-state index contributed by atoms with van der Waals surface area (Å²) in [6, 6.07) is 8.83. The van der Waals surface area contributed by atoms with Gasteiger partial charge < -0.3 is 5.73 Å². The first-order valence-electron chi connectivity index (χ1n) is 6.00. The van der Waals surface area contributed by atoms with Crippen LogP contribution in [0.2, 0.25) is 0 Å². The van der Waals surface area contributed by atoms with Crippen molar-refractivity contribution in [2.24, 2.45) is 11.7 Å². The molecule has 1 unspecified atom stereocenters. The maximum absolute atomic E-state index is 5.61. The van der Waals surface area contributed by atoms with Crippen LogP contribution in [-0.2, 0) is 12.8 Å². The van der Waals surface area contributed by atoms with E-state index < -0.39 is 0 Å². The van der Waals surface area contributed by atoms with Crippen LogP contribution in [0.5, 0.6) is 0 Å². The van der Waals surface area contributed by atoms with Crippen LogP contribution in [0.15, 0.2) is 24.3 Å². The fourth-order valence-corrected chi connectivity index (χ4v) is 1.76. The largest absolute Gasteiger partial charge is 0.393 e. The molecule has 1 aromatic carbocycles. The fraction of sp³-hybridized carbons (Fsp3) is 0.500. The predicted molar refractivity (Wildman–Crippen MR) is 74.7 cm³/mol. The molecule has 2 N–H and O–H groups in total. The molecule has 0 fully saturated rings. The minimum atomic E-state index is 0.288. The van der Waals surface area contributed by atoms with Crippen LogP contribution < -0.4 is 5.73 Å². The fourth-order valence-electron chi connectivity index (χ4n) is 1.68. The topological polar surface area (TPSA) is 26.0 Å². The summed E-state index contributed by atoms with van der Waals surface area (Å²) in [5, 5.41) is 0. The van der Waals surface area contributed by atoms with Gasteiger partial charge in [-0.05, 0) is 30.4 Å². The molecule has 1 atom stereocenters. The molecule has 0 aliphatic rings. The van der Waals surface area contributed by atoms with Crippen molar-refractivity contribution in [3.63, 3.8) is 0 Å². The molecule has 0 aromatic heterocycles. The Kier molecular flexibility index (Phi) is 5.47. The van der Waals surface area contributed by atoms with E-state index in [1.54, 1.807) is 0 Å². The summed E-state index contributed by atoms with van der Waals surface area (Å²) in [5.41, 5.74) is 8.36. The van der Waals surface area contributed by atoms with E-state index in [0.29, 0.717) is 4.99 Å². The molecule has 2 heteroatoms. The maximum atomic E-state index is 5.61. The van der Waals surface area contributed by atoms with Gasteiger partial charge in [0.15, 0.2) is 0 Å². The standard InChI is InChI=1S/C14H21NS/c1-3-4-5-12-6-8-13(9-7-12)10-11(2)14(15)16/h6-9,11H,3-5,10H2,1-2H3,(H2,15,16). The highest BCUT2D eigenvalue weighted by Gasteiger charge is 2.05. The number of benzene rings is 1. The zero-order valence-electron chi connectivity index (χ0n) is 10.2. The van der Waals surface area contributed by atoms with Crippen molar-refractivity contribution in [3.05, 3.63) is 35.4 Å². The second-order valence-electron chi connectivity index (χ2n) is 4.43. The molecule has 16 heavy (non-hydrogen) atoms. The predicted octanol–water partition coefficient (Wildman–Crippen LogP) is 3.49. The number of hydrogen-bond acceptors (Lipinski definition) is 1. The van der Waals surface area contributed by atoms with Crippen molar-refractivity contribution in [1.82, 2.24) is 0 Å². The summed E-state index contributed by atoms with van der Waals surface area (Å²) in [7, 11) is 0. The Morgan fingerprint density at radius 1 is 1.25 bits per heavy atom. The molecule has 0 heterocycles. The van der Waals surface area contributed by atoms with Crippen LogP contribution in [-0.4, -0.2) is 4.99 Å². The van der Waals surface area contributed by atoms with Crippen LogP contribution >= 0.6 is 12.2 Å². The van der Waals surface area contributed by atoms with Crippen molar-refractivity contribution < 1.29 is 0 Å². The Labute approximate surface area is 104 Å². The number of aryl methyl sites for hydroxylation is 1. The number of rotatable bonds is 6. The molecular formula is C14H21NS. The van der Waals surface area contributed by atoms with Crippen molar-refractivity contribution in [1.29, 1.82) is 0 Å². The minimum absolute atomic E-state index is 0.288. The van der Waals surface area contributed by atoms with E-state index in [0.717, 1.165) is 6.42 Å². The molecule has 0 amide bonds. The molecule has 0 bridgehead atoms. The van der Waals surface area contributed by atoms with Crippen LogP contribution in [0.25, 0.3) is 0 Å². The molecular weight excluding hydrogens is 214 g/mol. The van der Waals surface area contributed by atoms with E-state index in [4.69, 9.17) is 18.0 Å². The molecule has 0 spiro atoms. The van der Waals surface area contributed by atoms with Gasteiger partial charge >= 0.3 is 0 Å². The second kappa shape index (κ2) is 6.64. The Hall–Kier alpha value is -0.890. The molecule has 0 aliphatic carbocycles. The Bertz CT molecular complexity index is 329. The first-order chi connectivity index (χ1) is 7.63. The molecule has 1 aromatic rings. The summed E-state index contributed by atoms with van der Waals surface area (Å²) in [6.45, 7) is 4.30. The number of unbranched alkanes of at least 4 members (excludes halogenated alkanes) is 1. The second-order valence-corrected chi connectivity index (χ2v) is 4.90. The monoisotopic (exact) mass is 235 g/mol. The lowest BCUT2D eigenvalue weighted by molar-refractivity contribution is 0.768. The third kappa shape index (κ3) is 4.31. The number of hydrogen-bond donors (Lipinski definition) is 1. The third-order valence-corrected chi connectivity index (χ3v) is 3.27. The SMILES string of the molecule is CCCCc1ccc(CC(C)C(N)=S)cc1. The highest BCUT2D eigenvalue weighted by Crippen LogP contribution is 2.12. The minimum Gasteiger partial charge on any atom is -0.393 e. The van der Waals surface area contributed by atoms with E-state index in [9.17, 15) is 0 Å². The Morgan fingerprint density at radius 3 is 2.31 bits per heavy atom. The van der Waals surface area contributed by atoms with Gasteiger partial charge in [-0.1, -0.05) is 56.8 Å². The number of thiocarbonyl (C=S) groups is 1. The molecule has 0 saturated heterocycles. The van der Waals surface area contributed by atoms with Crippen molar-refractivity contribution >= 4 is 17.2 Å². The summed E-state index contributed by atoms with van der Waals surface area (Å²) < 4.78 is 0. The highest BCUT2D eigenvalue weighted by molar-refractivity contribution is 7.80. The molecule has 88 valence electrons. The van der Waals surface area contributed by atoms with Gasteiger partial charge in [0.05, 0.1) is 4.99 Å². The van der Waals surface area contributed by atoms with Gasteiger partial charge in [-0.3, -0.25) is 0 Å². The summed E-state index contributed by atoms with van der Waals surface area (Å²) >= 11 is 4.98. The maximum Gasteiger partial charge on any atom is 0.0759 e. The lowest BCUT2D eigenvalue weighted by Crippen LogP contribution is -2.20. The third-order valence-electron chi connectivity index (χ3n) is 2.87. The van der Waals surface area contributed by atoms with Crippen LogP contribution in [0.4, 0.5) is 0 Å². The van der Waals surface area contributed by atoms with E-state index in [1.165, 1.54) is 30.4 Å². The molecule has 0 saturated carbocycles. The summed E-state index contributed by atoms with van der Waals surface area (Å²) in [4.78, 5) is 0.607. The van der Waals surface area contributed by atoms with Crippen molar-refractivity contribution in [3.8, 4) is 0 Å². The van der Waals surface area contributed by atoms with Crippen molar-refractivity contribution in [2.75, 3.05) is 0 Å². The first-order valence-corrected chi connectivity index (χ1v) is 6.41. The Morgan fingerprint density at radius 2 is 1.81 bits per heavy atom. The summed E-state index contributed by atoms with van der Waals surface area (Å²) in [6.07, 6.45) is 4.65. The quantitative estimate of drug-likeness (QED) is 0.764. The smallest absolute Gasteiger partial charge is 0.0759 e. The normalized spacial score (nSPS) is 12.4. The summed E-state index contributed by atoms with van der Waals surface area (Å²) in [5.74, 6) is 0.288. The zero-order chi connectivity index (χ0) is 12.0. The lowest BCUT2D eigenvalue weighted by Gasteiger charge is -2.09. The van der Waals surface area contributed by atoms with Gasteiger partial charge in [0.2, 0.25) is 0 Å². The van der Waals surface area contributed by atoms with Gasteiger partial charge in [0.1, 0.15) is 0 Å². The lowest BCUT2D eigenvalue weighted by atomic mass is 9.99. The Balaban J connectivity index is 2.54. The van der Waals surface area contributed by atoms with Gasteiger partial charge in [-0.2, -0.15) is 0 Å². The van der Waals surface area contributed by atoms with Gasteiger partial charge in [-0.15, -0.1) is 0 Å². The first kappa shape index (κ1) is 13.2. The zero-order valence-corrected chi connectivity index (χ0v) is 11.0. The van der Waals surface area contributed by atoms with Gasteiger partial charge in [0, 0.05) is 5.92 Å². The molecule has 0 aliphatic heterocycles. The van der Waals surface area contributed by atoms with Crippen LogP contribution in [0.1, 0.15) is 37.8 Å². The molecule has 1 rings (SSSR count). The van der Waals surface area contributed by atoms with E-state index >= 15 is 0 Å². The van der Waals surface area contributed by atoms with Crippen LogP contribution in [0.3, 0.4) is 0 Å². The van der Waals surface area contributed by atoms with Crippen LogP contribution in [0, 0.1) is 5.92 Å².